The number of allylic oxidation sites excluding steroid dienone is 2. The van der Waals surface area contributed by atoms with Gasteiger partial charge in [0.2, 0.25) is 0 Å². The third-order valence-corrected chi connectivity index (χ3v) is 66.1. The monoisotopic (exact) mass is 827 g/mol. The molecule has 2 aliphatic rings. The third-order valence-electron chi connectivity index (χ3n) is 12.3. The van der Waals surface area contributed by atoms with Crippen molar-refractivity contribution in [2.45, 2.75) is 106 Å². The van der Waals surface area contributed by atoms with Crippen LogP contribution < -0.4 is 5.19 Å². The van der Waals surface area contributed by atoms with Gasteiger partial charge in [0, 0.05) is 0 Å². The van der Waals surface area contributed by atoms with Crippen molar-refractivity contribution in [2.75, 3.05) is 0 Å². The van der Waals surface area contributed by atoms with Crippen molar-refractivity contribution >= 4 is 48.4 Å². The molecular formula is C46H59Cl2Si2Zr. The zero-order valence-electron chi connectivity index (χ0n) is 32.9. The molecule has 0 saturated heterocycles. The molecule has 0 fully saturated rings. The van der Waals surface area contributed by atoms with Gasteiger partial charge in [-0.05, 0) is 0 Å². The molecule has 0 saturated carbocycles. The molecule has 4 aromatic rings. The van der Waals surface area contributed by atoms with Crippen molar-refractivity contribution in [3.63, 3.8) is 0 Å². The maximum atomic E-state index is 8.81. The van der Waals surface area contributed by atoms with E-state index in [9.17, 15) is 0 Å². The summed E-state index contributed by atoms with van der Waals surface area (Å²) in [6, 6.07) is 32.6. The maximum absolute atomic E-state index is 8.81. The molecule has 0 N–H and O–H groups in total. The van der Waals surface area contributed by atoms with Gasteiger partial charge in [-0.2, -0.15) is 0 Å². The summed E-state index contributed by atoms with van der Waals surface area (Å²) in [5.74, 6) is -1.25. The average molecular weight is 830 g/mol. The molecule has 0 spiro atoms. The van der Waals surface area contributed by atoms with Gasteiger partial charge in [0.25, 0.3) is 0 Å². The fourth-order valence-electron chi connectivity index (χ4n) is 9.13. The van der Waals surface area contributed by atoms with Crippen LogP contribution in [-0.2, 0) is 21.0 Å². The molecule has 0 amide bonds. The molecule has 3 atom stereocenters. The van der Waals surface area contributed by atoms with Gasteiger partial charge in [-0.3, -0.25) is 0 Å². The zero-order chi connectivity index (χ0) is 37.1. The Hall–Kier alpha value is -1.74. The topological polar surface area (TPSA) is 0 Å². The van der Waals surface area contributed by atoms with Gasteiger partial charge in [0.05, 0.1) is 0 Å². The number of rotatable bonds is 10. The Balaban J connectivity index is 1.55. The Morgan fingerprint density at radius 2 is 1.24 bits per heavy atom. The molecule has 51 heavy (non-hydrogen) atoms. The molecule has 0 nitrogen and oxygen atoms in total. The summed E-state index contributed by atoms with van der Waals surface area (Å²) >= 11 is -4.89. The van der Waals surface area contributed by atoms with E-state index in [1.165, 1.54) is 66.4 Å². The van der Waals surface area contributed by atoms with Gasteiger partial charge >= 0.3 is 322 Å². The zero-order valence-corrected chi connectivity index (χ0v) is 39.0. The Kier molecular flexibility index (Phi) is 10.8. The van der Waals surface area contributed by atoms with Crippen molar-refractivity contribution in [1.29, 1.82) is 0 Å². The van der Waals surface area contributed by atoms with E-state index in [-0.39, 0.29) is 12.7 Å². The van der Waals surface area contributed by atoms with Crippen LogP contribution in [0.2, 0.25) is 32.7 Å². The first-order chi connectivity index (χ1) is 23.9. The van der Waals surface area contributed by atoms with Gasteiger partial charge in [-0.15, -0.1) is 0 Å². The second-order valence-corrected chi connectivity index (χ2v) is 65.5. The summed E-state index contributed by atoms with van der Waals surface area (Å²) in [5.41, 5.74) is 15.0. The van der Waals surface area contributed by atoms with Crippen molar-refractivity contribution in [2.24, 2.45) is 5.92 Å². The summed E-state index contributed by atoms with van der Waals surface area (Å²) in [6.45, 7) is 26.1. The predicted molar refractivity (Wildman–Crippen MR) is 232 cm³/mol. The molecule has 0 aromatic heterocycles. The van der Waals surface area contributed by atoms with E-state index in [1.807, 2.05) is 0 Å². The fraction of sp³-hybridized carbons (Fsp3) is 0.391. The molecule has 0 heterocycles. The van der Waals surface area contributed by atoms with Gasteiger partial charge in [0.1, 0.15) is 0 Å². The van der Waals surface area contributed by atoms with Crippen LogP contribution in [0, 0.1) is 5.92 Å². The first kappa shape index (κ1) is 39.0. The van der Waals surface area contributed by atoms with E-state index in [0.717, 1.165) is 19.3 Å². The van der Waals surface area contributed by atoms with Crippen LogP contribution in [-0.4, -0.2) is 14.0 Å². The second-order valence-electron chi connectivity index (χ2n) is 17.9. The molecule has 2 aliphatic carbocycles. The van der Waals surface area contributed by atoms with Crippen molar-refractivity contribution in [1.82, 2.24) is 0 Å². The van der Waals surface area contributed by atoms with Gasteiger partial charge in [-0.25, -0.2) is 0 Å². The number of fused-ring (bicyclic) bond motifs is 2. The van der Waals surface area contributed by atoms with E-state index >= 15 is 0 Å². The van der Waals surface area contributed by atoms with Crippen LogP contribution in [0.4, 0.5) is 0 Å². The molecule has 3 unspecified atom stereocenters. The molecule has 0 radical (unpaired) electrons. The molecule has 0 bridgehead atoms. The number of hydrogen-bond donors (Lipinski definition) is 0. The Morgan fingerprint density at radius 3 is 1.71 bits per heavy atom. The van der Waals surface area contributed by atoms with Crippen molar-refractivity contribution < 1.29 is 15.6 Å². The first-order valence-electron chi connectivity index (χ1n) is 19.4. The average Bonchev–Trinajstić information content (AvgIpc) is 3.68. The first-order valence-corrected chi connectivity index (χ1v) is 39.2. The Bertz CT molecular complexity index is 1990. The van der Waals surface area contributed by atoms with Crippen molar-refractivity contribution in [3.05, 3.63) is 124 Å². The van der Waals surface area contributed by atoms with E-state index < -0.39 is 29.6 Å². The molecule has 5 heteroatoms. The summed E-state index contributed by atoms with van der Waals surface area (Å²) < 4.78 is 0.197. The normalized spacial score (nSPS) is 18.9. The Labute approximate surface area is 319 Å². The second kappa shape index (κ2) is 14.2. The van der Waals surface area contributed by atoms with Crippen LogP contribution in [0.5, 0.6) is 0 Å². The van der Waals surface area contributed by atoms with Crippen LogP contribution >= 0.6 is 17.0 Å². The van der Waals surface area contributed by atoms with Gasteiger partial charge in [0.15, 0.2) is 0 Å². The molecule has 0 aliphatic heterocycles. The number of halogens is 2. The van der Waals surface area contributed by atoms with Crippen molar-refractivity contribution in [3.8, 4) is 22.3 Å². The Morgan fingerprint density at radius 1 is 0.725 bits per heavy atom. The summed E-state index contributed by atoms with van der Waals surface area (Å²) in [5, 5.41) is 1.49. The molecule has 6 rings (SSSR count). The standard InChI is InChI=1S/C24H29.C20H23Si.C2H7Si.2ClH.Zr/c1-6-8-17(2)20-15-19-9-7-10-22(23(19)16-20)18-11-13-21(14-12-18)24(3,4)5;1-5-15-13-17-7-6-8-19(20(17)14-15)16-9-11-18(12-10-16)21(2,3)4;1-3-2;;;/h7,9-17H,6,8H2,1-5H3;6-14H,5H2,1-4H3;3H,1-2H3;2*1H;/q;;;;;+2/p-2. The quantitative estimate of drug-likeness (QED) is 0.140. The van der Waals surface area contributed by atoms with Crippen LogP contribution in [0.25, 0.3) is 34.4 Å². The number of hydrogen-bond acceptors (Lipinski definition) is 0. The summed E-state index contributed by atoms with van der Waals surface area (Å²) in [7, 11) is 16.2. The molecular weight excluding hydrogens is 771 g/mol. The third kappa shape index (κ3) is 6.80. The van der Waals surface area contributed by atoms with Gasteiger partial charge in [-0.1, -0.05) is 0 Å². The van der Waals surface area contributed by atoms with E-state index in [1.54, 1.807) is 0 Å². The van der Waals surface area contributed by atoms with Crippen LogP contribution in [0.3, 0.4) is 0 Å². The van der Waals surface area contributed by atoms with E-state index in [2.05, 4.69) is 171 Å². The van der Waals surface area contributed by atoms with Gasteiger partial charge < -0.3 is 0 Å². The number of benzene rings is 4. The van der Waals surface area contributed by atoms with Crippen LogP contribution in [0.15, 0.2) is 96.1 Å². The SMILES string of the molecule is CCCC(C)C1=Cc2c(-c3ccc(C(C)(C)C)cc3)cccc2[CH]1[Zr]([Cl])([Cl])([CH]1C(CC)=Cc2c(-c3ccc([Si](C)(C)C)cc3)cccc21)[SiH](C)C. The summed E-state index contributed by atoms with van der Waals surface area (Å²) in [4.78, 5) is 0. The van der Waals surface area contributed by atoms with Crippen LogP contribution in [0.1, 0.15) is 95.9 Å². The summed E-state index contributed by atoms with van der Waals surface area (Å²) in [6.07, 6.45) is 8.28. The minimum absolute atomic E-state index is 0.0948. The molecule has 4 aromatic carbocycles. The van der Waals surface area contributed by atoms with E-state index in [4.69, 9.17) is 17.0 Å². The fourth-order valence-corrected chi connectivity index (χ4v) is 41.8. The molecule has 269 valence electrons. The minimum atomic E-state index is -4.89. The van der Waals surface area contributed by atoms with E-state index in [0.29, 0.717) is 5.92 Å². The predicted octanol–water partition coefficient (Wildman–Crippen LogP) is 14.3.